The highest BCUT2D eigenvalue weighted by Gasteiger charge is 2.47. The molecular formula is C34H48O19. The molecule has 0 aromatic heterocycles. The summed E-state index contributed by atoms with van der Waals surface area (Å²) < 4.78 is 39.9. The highest BCUT2D eigenvalue weighted by molar-refractivity contribution is 5.90. The van der Waals surface area contributed by atoms with Crippen molar-refractivity contribution in [1.82, 2.24) is 0 Å². The van der Waals surface area contributed by atoms with Gasteiger partial charge in [-0.25, -0.2) is 24.0 Å². The molecule has 53 heavy (non-hydrogen) atoms. The molecule has 0 rings (SSSR count). The summed E-state index contributed by atoms with van der Waals surface area (Å²) in [4.78, 5) is 86.0. The van der Waals surface area contributed by atoms with E-state index in [0.717, 1.165) is 24.3 Å². The van der Waals surface area contributed by atoms with Crippen LogP contribution in [0.15, 0.2) is 48.6 Å². The van der Waals surface area contributed by atoms with Crippen LogP contribution in [0.4, 0.5) is 0 Å². The molecule has 0 aromatic rings. The van der Waals surface area contributed by atoms with Gasteiger partial charge < -0.3 is 58.3 Å². The molecule has 4 unspecified atom stereocenters. The van der Waals surface area contributed by atoms with Gasteiger partial charge in [0.05, 0.1) is 19.4 Å². The maximum Gasteiger partial charge on any atom is 0.339 e. The average molecular weight is 761 g/mol. The molecule has 0 amide bonds. The first-order valence-electron chi connectivity index (χ1n) is 16.1. The summed E-state index contributed by atoms with van der Waals surface area (Å²) in [7, 11) is 0. The van der Waals surface area contributed by atoms with Crippen LogP contribution in [0.25, 0.3) is 0 Å². The van der Waals surface area contributed by atoms with E-state index in [1.807, 2.05) is 0 Å². The Morgan fingerprint density at radius 2 is 0.698 bits per heavy atom. The van der Waals surface area contributed by atoms with Gasteiger partial charge in [0, 0.05) is 24.3 Å². The number of aliphatic hydroxyl groups excluding tert-OH is 4. The van der Waals surface area contributed by atoms with E-state index in [1.165, 1.54) is 31.2 Å². The van der Waals surface area contributed by atoms with Crippen molar-refractivity contribution in [3.05, 3.63) is 48.6 Å². The zero-order valence-corrected chi connectivity index (χ0v) is 29.9. The molecule has 298 valence electrons. The minimum absolute atomic E-state index is 0.590. The molecule has 0 bridgehead atoms. The number of rotatable bonds is 26. The van der Waals surface area contributed by atoms with Crippen LogP contribution in [0.2, 0.25) is 0 Å². The fourth-order valence-corrected chi connectivity index (χ4v) is 3.52. The summed E-state index contributed by atoms with van der Waals surface area (Å²) in [6.45, 7) is 0.402. The Morgan fingerprint density at radius 3 is 1.00 bits per heavy atom. The van der Waals surface area contributed by atoms with Crippen molar-refractivity contribution in [2.45, 2.75) is 70.6 Å². The van der Waals surface area contributed by atoms with E-state index >= 15 is 0 Å². The first-order chi connectivity index (χ1) is 25.1. The average Bonchev–Trinajstić information content (AvgIpc) is 3.11. The standard InChI is InChI=1S/C34H48O19/c1-5-9-27(39)46-15-23(35)18-50-31(43)13-34(53-22-26(38)20-49-30(42)12-8-4,33(45)52-21-25(37)17-48-29(41)11-7-3)14-32(44)51-19-24(36)16-47-28(40)10-6-2/h5-12,23-26,35-38H,13-22H2,1-4H3. The lowest BCUT2D eigenvalue weighted by Crippen LogP contribution is -2.50. The molecular weight excluding hydrogens is 712 g/mol. The van der Waals surface area contributed by atoms with Gasteiger partial charge in [-0.15, -0.1) is 0 Å². The number of hydrogen-bond acceptors (Lipinski definition) is 19. The molecule has 4 atom stereocenters. The molecule has 0 radical (unpaired) electrons. The number of allylic oxidation sites excluding steroid dienone is 4. The Bertz CT molecular complexity index is 1250. The Morgan fingerprint density at radius 1 is 0.434 bits per heavy atom. The number of esters is 7. The molecule has 19 nitrogen and oxygen atoms in total. The quantitative estimate of drug-likeness (QED) is 0.0471. The van der Waals surface area contributed by atoms with Crippen LogP contribution in [0, 0.1) is 0 Å². The SMILES string of the molecule is CC=CC(=O)OCC(O)COC(=O)CC(CC(=O)OCC(O)COC(=O)C=CC)(OCC(O)COC(=O)C=CC)C(=O)OCC(O)COC(=O)C=CC. The van der Waals surface area contributed by atoms with Crippen LogP contribution in [0.3, 0.4) is 0 Å². The van der Waals surface area contributed by atoms with E-state index in [-0.39, 0.29) is 0 Å². The second kappa shape index (κ2) is 27.7. The van der Waals surface area contributed by atoms with E-state index in [1.54, 1.807) is 20.8 Å². The van der Waals surface area contributed by atoms with Gasteiger partial charge in [0.2, 0.25) is 0 Å². The Balaban J connectivity index is 6.22. The van der Waals surface area contributed by atoms with Crippen molar-refractivity contribution in [2.24, 2.45) is 0 Å². The van der Waals surface area contributed by atoms with Gasteiger partial charge in [-0.1, -0.05) is 24.3 Å². The summed E-state index contributed by atoms with van der Waals surface area (Å²) >= 11 is 0. The highest BCUT2D eigenvalue weighted by Crippen LogP contribution is 2.26. The molecule has 0 spiro atoms. The Labute approximate surface area is 305 Å². The lowest BCUT2D eigenvalue weighted by Gasteiger charge is -2.31. The molecule has 0 saturated carbocycles. The molecule has 0 aliphatic carbocycles. The molecule has 19 heteroatoms. The minimum atomic E-state index is -2.71. The predicted molar refractivity (Wildman–Crippen MR) is 178 cm³/mol. The first kappa shape index (κ1) is 48.0. The van der Waals surface area contributed by atoms with Crippen molar-refractivity contribution in [1.29, 1.82) is 0 Å². The van der Waals surface area contributed by atoms with Crippen molar-refractivity contribution in [3.8, 4) is 0 Å². The monoisotopic (exact) mass is 760 g/mol. The largest absolute Gasteiger partial charge is 0.463 e. The molecule has 4 N–H and O–H groups in total. The number of aliphatic hydroxyl groups is 4. The number of carbonyl (C=O) groups is 7. The third kappa shape index (κ3) is 23.3. The fraction of sp³-hybridized carbons (Fsp3) is 0.559. The van der Waals surface area contributed by atoms with E-state index in [2.05, 4.69) is 0 Å². The normalized spacial score (nSPS) is 14.9. The second-order valence-electron chi connectivity index (χ2n) is 10.8. The number of hydrogen-bond donors (Lipinski definition) is 4. The van der Waals surface area contributed by atoms with Gasteiger partial charge in [0.15, 0.2) is 5.60 Å². The van der Waals surface area contributed by atoms with Gasteiger partial charge in [-0.2, -0.15) is 0 Å². The number of ether oxygens (including phenoxy) is 8. The van der Waals surface area contributed by atoms with E-state index in [0.29, 0.717) is 0 Å². The Kier molecular flexibility index (Phi) is 25.1. The van der Waals surface area contributed by atoms with Crippen molar-refractivity contribution in [2.75, 3.05) is 52.9 Å². The van der Waals surface area contributed by atoms with E-state index in [9.17, 15) is 54.0 Å². The third-order valence-electron chi connectivity index (χ3n) is 5.95. The molecule has 0 aliphatic heterocycles. The van der Waals surface area contributed by atoms with Gasteiger partial charge in [-0.3, -0.25) is 9.59 Å². The lowest BCUT2D eigenvalue weighted by atomic mass is 9.94. The molecule has 0 aliphatic rings. The summed E-state index contributed by atoms with van der Waals surface area (Å²) in [6.07, 6.45) is 1.13. The van der Waals surface area contributed by atoms with Crippen LogP contribution in [-0.2, 0) is 71.5 Å². The summed E-state index contributed by atoms with van der Waals surface area (Å²) in [5, 5.41) is 40.9. The zero-order valence-electron chi connectivity index (χ0n) is 29.9. The van der Waals surface area contributed by atoms with E-state index in [4.69, 9.17) is 37.9 Å². The second-order valence-corrected chi connectivity index (χ2v) is 10.8. The first-order valence-corrected chi connectivity index (χ1v) is 16.1. The maximum absolute atomic E-state index is 13.6. The third-order valence-corrected chi connectivity index (χ3v) is 5.95. The van der Waals surface area contributed by atoms with Crippen molar-refractivity contribution >= 4 is 41.8 Å². The van der Waals surface area contributed by atoms with Gasteiger partial charge >= 0.3 is 41.8 Å². The van der Waals surface area contributed by atoms with E-state index < -0.39 is 137 Å². The van der Waals surface area contributed by atoms with Crippen LogP contribution in [0.5, 0.6) is 0 Å². The molecule has 0 saturated heterocycles. The van der Waals surface area contributed by atoms with Crippen LogP contribution >= 0.6 is 0 Å². The van der Waals surface area contributed by atoms with Gasteiger partial charge in [-0.05, 0) is 27.7 Å². The summed E-state index contributed by atoms with van der Waals surface area (Å²) in [5.41, 5.74) is -2.71. The van der Waals surface area contributed by atoms with Crippen molar-refractivity contribution < 1.29 is 91.9 Å². The fourth-order valence-electron chi connectivity index (χ4n) is 3.52. The molecule has 0 aromatic carbocycles. The van der Waals surface area contributed by atoms with Crippen LogP contribution < -0.4 is 0 Å². The van der Waals surface area contributed by atoms with Crippen LogP contribution in [0.1, 0.15) is 40.5 Å². The van der Waals surface area contributed by atoms with Gasteiger partial charge in [0.25, 0.3) is 0 Å². The van der Waals surface area contributed by atoms with Crippen LogP contribution in [-0.4, -0.2) is 145 Å². The predicted octanol–water partition coefficient (Wildman–Crippen LogP) is -0.928. The summed E-state index contributed by atoms with van der Waals surface area (Å²) in [6, 6.07) is 0. The molecule has 0 heterocycles. The number of carbonyl (C=O) groups excluding carboxylic acids is 7. The minimum Gasteiger partial charge on any atom is -0.463 e. The smallest absolute Gasteiger partial charge is 0.339 e. The topological polar surface area (TPSA) is 274 Å². The Hall–Kier alpha value is -4.95. The van der Waals surface area contributed by atoms with Crippen molar-refractivity contribution in [3.63, 3.8) is 0 Å². The summed E-state index contributed by atoms with van der Waals surface area (Å²) in [5.74, 6) is -7.31. The maximum atomic E-state index is 13.6. The molecule has 0 fully saturated rings. The lowest BCUT2D eigenvalue weighted by molar-refractivity contribution is -0.193. The highest BCUT2D eigenvalue weighted by atomic mass is 16.6. The van der Waals surface area contributed by atoms with Gasteiger partial charge in [0.1, 0.15) is 70.7 Å². The zero-order chi connectivity index (χ0) is 40.2.